The van der Waals surface area contributed by atoms with Crippen molar-refractivity contribution < 1.29 is 19.0 Å². The van der Waals surface area contributed by atoms with Crippen LogP contribution in [0.2, 0.25) is 0 Å². The number of ether oxygens (including phenoxy) is 3. The number of rotatable bonds is 7. The molecule has 1 amide bonds. The van der Waals surface area contributed by atoms with E-state index in [4.69, 9.17) is 14.2 Å². The summed E-state index contributed by atoms with van der Waals surface area (Å²) in [5.41, 5.74) is 1.89. The van der Waals surface area contributed by atoms with E-state index < -0.39 is 0 Å². The topological polar surface area (TPSA) is 81.7 Å². The van der Waals surface area contributed by atoms with Gasteiger partial charge in [-0.1, -0.05) is 19.3 Å². The average molecular weight is 385 g/mol. The van der Waals surface area contributed by atoms with Crippen LogP contribution in [0.25, 0.3) is 0 Å². The first-order valence-corrected chi connectivity index (χ1v) is 9.48. The quantitative estimate of drug-likeness (QED) is 0.752. The number of methoxy groups -OCH3 is 3. The number of pyridine rings is 1. The minimum Gasteiger partial charge on any atom is -0.493 e. The summed E-state index contributed by atoms with van der Waals surface area (Å²) >= 11 is 0. The minimum atomic E-state index is -0.138. The van der Waals surface area contributed by atoms with Gasteiger partial charge in [0.1, 0.15) is 5.69 Å². The predicted molar refractivity (Wildman–Crippen MR) is 108 cm³/mol. The molecular weight excluding hydrogens is 358 g/mol. The van der Waals surface area contributed by atoms with Gasteiger partial charge in [0.15, 0.2) is 11.5 Å². The van der Waals surface area contributed by atoms with Crippen molar-refractivity contribution in [2.45, 2.75) is 38.1 Å². The Labute approximate surface area is 165 Å². The molecule has 0 bridgehead atoms. The number of benzene rings is 1. The van der Waals surface area contributed by atoms with Gasteiger partial charge < -0.3 is 24.8 Å². The molecule has 3 rings (SSSR count). The SMILES string of the molecule is COc1cc(Nc2ccnc(C(=O)NC3CCCCC3)c2)cc(OC)c1OC. The van der Waals surface area contributed by atoms with E-state index in [2.05, 4.69) is 15.6 Å². The largest absolute Gasteiger partial charge is 0.493 e. The highest BCUT2D eigenvalue weighted by atomic mass is 16.5. The number of anilines is 2. The van der Waals surface area contributed by atoms with Crippen molar-refractivity contribution in [3.05, 3.63) is 36.2 Å². The predicted octanol–water partition coefficient (Wildman–Crippen LogP) is 3.91. The zero-order chi connectivity index (χ0) is 19.9. The van der Waals surface area contributed by atoms with E-state index >= 15 is 0 Å². The molecule has 1 aliphatic carbocycles. The van der Waals surface area contributed by atoms with Crippen LogP contribution in [0, 0.1) is 0 Å². The van der Waals surface area contributed by atoms with Gasteiger partial charge in [-0.3, -0.25) is 9.78 Å². The lowest BCUT2D eigenvalue weighted by Crippen LogP contribution is -2.36. The Bertz CT molecular complexity index is 794. The summed E-state index contributed by atoms with van der Waals surface area (Å²) in [6, 6.07) is 7.41. The number of aromatic nitrogens is 1. The maximum Gasteiger partial charge on any atom is 0.270 e. The van der Waals surface area contributed by atoms with E-state index in [1.54, 1.807) is 39.7 Å². The first-order chi connectivity index (χ1) is 13.6. The lowest BCUT2D eigenvalue weighted by Gasteiger charge is -2.22. The molecule has 0 spiro atoms. The summed E-state index contributed by atoms with van der Waals surface area (Å²) in [5.74, 6) is 1.49. The second-order valence-corrected chi connectivity index (χ2v) is 6.78. The molecule has 7 nitrogen and oxygen atoms in total. The van der Waals surface area contributed by atoms with Crippen LogP contribution in [0.15, 0.2) is 30.5 Å². The highest BCUT2D eigenvalue weighted by molar-refractivity contribution is 5.93. The normalized spacial score (nSPS) is 14.2. The van der Waals surface area contributed by atoms with Crippen LogP contribution in [0.5, 0.6) is 17.2 Å². The molecule has 28 heavy (non-hydrogen) atoms. The monoisotopic (exact) mass is 385 g/mol. The van der Waals surface area contributed by atoms with Gasteiger partial charge in [0, 0.05) is 35.7 Å². The average Bonchev–Trinajstić information content (AvgIpc) is 2.73. The Kier molecular flexibility index (Phi) is 6.57. The Morgan fingerprint density at radius 1 is 0.964 bits per heavy atom. The molecular formula is C21H27N3O4. The zero-order valence-corrected chi connectivity index (χ0v) is 16.6. The van der Waals surface area contributed by atoms with E-state index in [0.717, 1.165) is 24.2 Å². The summed E-state index contributed by atoms with van der Waals surface area (Å²) in [5, 5.41) is 6.36. The molecule has 0 atom stereocenters. The van der Waals surface area contributed by atoms with Crippen LogP contribution in [0.3, 0.4) is 0 Å². The van der Waals surface area contributed by atoms with Crippen molar-refractivity contribution in [3.63, 3.8) is 0 Å². The molecule has 7 heteroatoms. The lowest BCUT2D eigenvalue weighted by atomic mass is 9.95. The van der Waals surface area contributed by atoms with Crippen molar-refractivity contribution in [3.8, 4) is 17.2 Å². The number of hydrogen-bond acceptors (Lipinski definition) is 6. The van der Waals surface area contributed by atoms with E-state index in [-0.39, 0.29) is 11.9 Å². The van der Waals surface area contributed by atoms with Crippen LogP contribution < -0.4 is 24.8 Å². The lowest BCUT2D eigenvalue weighted by molar-refractivity contribution is 0.0922. The smallest absolute Gasteiger partial charge is 0.270 e. The van der Waals surface area contributed by atoms with Gasteiger partial charge in [0.25, 0.3) is 5.91 Å². The summed E-state index contributed by atoms with van der Waals surface area (Å²) < 4.78 is 16.1. The summed E-state index contributed by atoms with van der Waals surface area (Å²) in [6.07, 6.45) is 7.28. The Hall–Kier alpha value is -2.96. The Morgan fingerprint density at radius 2 is 1.64 bits per heavy atom. The van der Waals surface area contributed by atoms with Gasteiger partial charge in [-0.2, -0.15) is 0 Å². The number of nitrogens with zero attached hydrogens (tertiary/aromatic N) is 1. The molecule has 1 aromatic carbocycles. The van der Waals surface area contributed by atoms with E-state index in [1.165, 1.54) is 19.3 Å². The Balaban J connectivity index is 1.76. The number of amides is 1. The second kappa shape index (κ2) is 9.30. The number of nitrogens with one attached hydrogen (secondary N) is 2. The van der Waals surface area contributed by atoms with Gasteiger partial charge in [-0.05, 0) is 25.0 Å². The van der Waals surface area contributed by atoms with Crippen LogP contribution in [0.1, 0.15) is 42.6 Å². The maximum absolute atomic E-state index is 12.5. The molecule has 2 aromatic rings. The van der Waals surface area contributed by atoms with Crippen LogP contribution in [0.4, 0.5) is 11.4 Å². The highest BCUT2D eigenvalue weighted by Crippen LogP contribution is 2.40. The molecule has 0 saturated heterocycles. The summed E-state index contributed by atoms with van der Waals surface area (Å²) in [7, 11) is 4.70. The molecule has 0 unspecified atom stereocenters. The van der Waals surface area contributed by atoms with E-state index in [1.807, 2.05) is 12.1 Å². The number of carbonyl (C=O) groups is 1. The van der Waals surface area contributed by atoms with Crippen molar-refractivity contribution in [1.29, 1.82) is 0 Å². The molecule has 0 aliphatic heterocycles. The fourth-order valence-corrected chi connectivity index (χ4v) is 3.46. The zero-order valence-electron chi connectivity index (χ0n) is 16.6. The van der Waals surface area contributed by atoms with E-state index in [0.29, 0.717) is 22.9 Å². The van der Waals surface area contributed by atoms with Crippen molar-refractivity contribution in [2.24, 2.45) is 0 Å². The number of carbonyl (C=O) groups excluding carboxylic acids is 1. The first kappa shape index (κ1) is 19.8. The maximum atomic E-state index is 12.5. The molecule has 1 heterocycles. The van der Waals surface area contributed by atoms with Gasteiger partial charge in [-0.15, -0.1) is 0 Å². The van der Waals surface area contributed by atoms with Crippen molar-refractivity contribution >= 4 is 17.3 Å². The fourth-order valence-electron chi connectivity index (χ4n) is 3.46. The minimum absolute atomic E-state index is 0.138. The van der Waals surface area contributed by atoms with Gasteiger partial charge in [-0.25, -0.2) is 0 Å². The third-order valence-electron chi connectivity index (χ3n) is 4.89. The number of hydrogen-bond donors (Lipinski definition) is 2. The highest BCUT2D eigenvalue weighted by Gasteiger charge is 2.18. The van der Waals surface area contributed by atoms with Crippen LogP contribution in [-0.4, -0.2) is 38.3 Å². The fraction of sp³-hybridized carbons (Fsp3) is 0.429. The van der Waals surface area contributed by atoms with Crippen LogP contribution in [-0.2, 0) is 0 Å². The molecule has 1 aliphatic rings. The van der Waals surface area contributed by atoms with Crippen molar-refractivity contribution in [2.75, 3.05) is 26.6 Å². The Morgan fingerprint density at radius 3 is 2.25 bits per heavy atom. The molecule has 1 fully saturated rings. The third-order valence-corrected chi connectivity index (χ3v) is 4.89. The van der Waals surface area contributed by atoms with Gasteiger partial charge in [0.2, 0.25) is 5.75 Å². The van der Waals surface area contributed by atoms with E-state index in [9.17, 15) is 4.79 Å². The first-order valence-electron chi connectivity index (χ1n) is 9.48. The molecule has 150 valence electrons. The van der Waals surface area contributed by atoms with Gasteiger partial charge in [0.05, 0.1) is 21.3 Å². The second-order valence-electron chi connectivity index (χ2n) is 6.78. The van der Waals surface area contributed by atoms with Crippen molar-refractivity contribution in [1.82, 2.24) is 10.3 Å². The molecule has 0 radical (unpaired) electrons. The van der Waals surface area contributed by atoms with Crippen LogP contribution >= 0.6 is 0 Å². The molecule has 1 saturated carbocycles. The third kappa shape index (κ3) is 4.65. The standard InChI is InChI=1S/C21H27N3O4/c1-26-18-12-16(13-19(27-2)20(18)28-3)23-15-9-10-22-17(11-15)21(25)24-14-7-5-4-6-8-14/h9-14H,4-8H2,1-3H3,(H,22,23)(H,24,25). The molecule has 2 N–H and O–H groups in total. The molecule has 1 aromatic heterocycles. The summed E-state index contributed by atoms with van der Waals surface area (Å²) in [4.78, 5) is 16.8. The summed E-state index contributed by atoms with van der Waals surface area (Å²) in [6.45, 7) is 0. The van der Waals surface area contributed by atoms with Gasteiger partial charge >= 0.3 is 0 Å².